The molecule has 1 aliphatic rings. The molecule has 0 bridgehead atoms. The molecule has 2 N–H and O–H groups in total. The fourth-order valence-corrected chi connectivity index (χ4v) is 1.63. The molecule has 1 rings (SSSR count). The third kappa shape index (κ3) is 1.87. The van der Waals surface area contributed by atoms with Crippen molar-refractivity contribution in [3.63, 3.8) is 0 Å². The van der Waals surface area contributed by atoms with Gasteiger partial charge in [-0.1, -0.05) is 0 Å². The van der Waals surface area contributed by atoms with E-state index in [1.54, 1.807) is 6.92 Å². The summed E-state index contributed by atoms with van der Waals surface area (Å²) >= 11 is 0. The van der Waals surface area contributed by atoms with Gasteiger partial charge in [-0.25, -0.2) is 0 Å². The molecular formula is C9H15NO4. The maximum atomic E-state index is 11.5. The van der Waals surface area contributed by atoms with Crippen molar-refractivity contribution in [2.24, 2.45) is 5.41 Å². The quantitative estimate of drug-likeness (QED) is 0.496. The number of carboxylic acid groups (broad SMARTS) is 1. The van der Waals surface area contributed by atoms with E-state index in [0.29, 0.717) is 25.9 Å². The lowest BCUT2D eigenvalue weighted by Gasteiger charge is -2.30. The van der Waals surface area contributed by atoms with E-state index in [0.717, 1.165) is 0 Å². The third-order valence-electron chi connectivity index (χ3n) is 2.53. The summed E-state index contributed by atoms with van der Waals surface area (Å²) in [4.78, 5) is 22.6. The van der Waals surface area contributed by atoms with E-state index in [4.69, 9.17) is 9.84 Å². The molecule has 0 aromatic carbocycles. The first-order valence-electron chi connectivity index (χ1n) is 4.75. The zero-order valence-electron chi connectivity index (χ0n) is 8.21. The number of esters is 1. The first-order chi connectivity index (χ1) is 6.63. The van der Waals surface area contributed by atoms with E-state index in [1.165, 1.54) is 0 Å². The average molecular weight is 201 g/mol. The molecule has 0 atom stereocenters. The number of carboxylic acids is 1. The first-order valence-corrected chi connectivity index (χ1v) is 4.75. The van der Waals surface area contributed by atoms with Gasteiger partial charge in [0.2, 0.25) is 0 Å². The van der Waals surface area contributed by atoms with Crippen LogP contribution >= 0.6 is 0 Å². The minimum atomic E-state index is -1.32. The lowest BCUT2D eigenvalue weighted by Crippen LogP contribution is -2.48. The summed E-state index contributed by atoms with van der Waals surface area (Å²) in [5.41, 5.74) is -1.32. The molecule has 1 aliphatic heterocycles. The molecule has 1 heterocycles. The van der Waals surface area contributed by atoms with Gasteiger partial charge in [0.05, 0.1) is 6.61 Å². The third-order valence-corrected chi connectivity index (χ3v) is 2.53. The van der Waals surface area contributed by atoms with Crippen LogP contribution in [-0.2, 0) is 14.3 Å². The summed E-state index contributed by atoms with van der Waals surface area (Å²) in [5, 5.41) is 12.1. The van der Waals surface area contributed by atoms with Gasteiger partial charge in [-0.3, -0.25) is 9.59 Å². The molecule has 0 saturated carbocycles. The number of hydrogen-bond donors (Lipinski definition) is 2. The van der Waals surface area contributed by atoms with E-state index in [1.807, 2.05) is 0 Å². The number of aliphatic carboxylic acids is 1. The predicted molar refractivity (Wildman–Crippen MR) is 48.8 cm³/mol. The van der Waals surface area contributed by atoms with Crippen molar-refractivity contribution < 1.29 is 19.4 Å². The van der Waals surface area contributed by atoms with E-state index in [9.17, 15) is 9.59 Å². The van der Waals surface area contributed by atoms with Gasteiger partial charge in [0.15, 0.2) is 5.41 Å². The lowest BCUT2D eigenvalue weighted by atomic mass is 9.79. The highest BCUT2D eigenvalue weighted by atomic mass is 16.5. The van der Waals surface area contributed by atoms with E-state index < -0.39 is 17.4 Å². The van der Waals surface area contributed by atoms with Crippen molar-refractivity contribution in [3.8, 4) is 0 Å². The molecular weight excluding hydrogens is 186 g/mol. The number of hydrogen-bond acceptors (Lipinski definition) is 4. The summed E-state index contributed by atoms with van der Waals surface area (Å²) in [5.74, 6) is -1.67. The summed E-state index contributed by atoms with van der Waals surface area (Å²) in [6.07, 6.45) is 0.613. The van der Waals surface area contributed by atoms with E-state index >= 15 is 0 Å². The van der Waals surface area contributed by atoms with Crippen molar-refractivity contribution in [2.75, 3.05) is 19.7 Å². The fourth-order valence-electron chi connectivity index (χ4n) is 1.63. The highest BCUT2D eigenvalue weighted by Gasteiger charge is 2.48. The van der Waals surface area contributed by atoms with Crippen LogP contribution in [0.3, 0.4) is 0 Å². The van der Waals surface area contributed by atoms with Crippen LogP contribution in [0.5, 0.6) is 0 Å². The van der Waals surface area contributed by atoms with Crippen molar-refractivity contribution >= 4 is 11.9 Å². The fraction of sp³-hybridized carbons (Fsp3) is 0.778. The topological polar surface area (TPSA) is 75.6 Å². The zero-order chi connectivity index (χ0) is 10.6. The van der Waals surface area contributed by atoms with Crippen LogP contribution in [0, 0.1) is 5.41 Å². The number of rotatable bonds is 3. The monoisotopic (exact) mass is 201 g/mol. The summed E-state index contributed by atoms with van der Waals surface area (Å²) in [6, 6.07) is 0. The molecule has 0 aromatic heterocycles. The van der Waals surface area contributed by atoms with Gasteiger partial charge < -0.3 is 15.2 Å². The highest BCUT2D eigenvalue weighted by molar-refractivity contribution is 5.99. The summed E-state index contributed by atoms with van der Waals surface area (Å²) < 4.78 is 4.80. The molecule has 0 aromatic rings. The Hall–Kier alpha value is -1.10. The van der Waals surface area contributed by atoms with Crippen LogP contribution in [0.2, 0.25) is 0 Å². The Labute approximate surface area is 82.4 Å². The van der Waals surface area contributed by atoms with Gasteiger partial charge in [-0.2, -0.15) is 0 Å². The van der Waals surface area contributed by atoms with Gasteiger partial charge in [0, 0.05) is 0 Å². The maximum Gasteiger partial charge on any atom is 0.323 e. The molecule has 80 valence electrons. The molecule has 5 heteroatoms. The average Bonchev–Trinajstić information content (AvgIpc) is 2.19. The molecule has 0 spiro atoms. The smallest absolute Gasteiger partial charge is 0.323 e. The van der Waals surface area contributed by atoms with Crippen molar-refractivity contribution in [2.45, 2.75) is 19.8 Å². The van der Waals surface area contributed by atoms with Crippen LogP contribution in [0.1, 0.15) is 19.8 Å². The van der Waals surface area contributed by atoms with Crippen molar-refractivity contribution in [1.29, 1.82) is 0 Å². The van der Waals surface area contributed by atoms with E-state index in [2.05, 4.69) is 5.32 Å². The number of carbonyl (C=O) groups excluding carboxylic acids is 1. The van der Waals surface area contributed by atoms with Gasteiger partial charge in [0.25, 0.3) is 0 Å². The Kier molecular flexibility index (Phi) is 3.46. The minimum Gasteiger partial charge on any atom is -0.480 e. The maximum absolute atomic E-state index is 11.5. The Morgan fingerprint density at radius 2 is 2.00 bits per heavy atom. The summed E-state index contributed by atoms with van der Waals surface area (Å²) in [7, 11) is 0. The zero-order valence-corrected chi connectivity index (χ0v) is 8.21. The van der Waals surface area contributed by atoms with Crippen LogP contribution in [0.25, 0.3) is 0 Å². The molecule has 0 amide bonds. The van der Waals surface area contributed by atoms with Crippen LogP contribution < -0.4 is 5.32 Å². The van der Waals surface area contributed by atoms with Gasteiger partial charge in [0.1, 0.15) is 0 Å². The number of carbonyl (C=O) groups is 2. The number of piperidine rings is 1. The largest absolute Gasteiger partial charge is 0.480 e. The molecule has 0 unspecified atom stereocenters. The van der Waals surface area contributed by atoms with E-state index in [-0.39, 0.29) is 6.61 Å². The normalized spacial score (nSPS) is 20.1. The predicted octanol–water partition coefficient (Wildman–Crippen LogP) is 0.00390. The second kappa shape index (κ2) is 4.41. The highest BCUT2D eigenvalue weighted by Crippen LogP contribution is 2.30. The molecule has 0 radical (unpaired) electrons. The molecule has 0 aliphatic carbocycles. The van der Waals surface area contributed by atoms with Crippen LogP contribution in [-0.4, -0.2) is 36.7 Å². The standard InChI is InChI=1S/C9H15NO4/c1-2-14-8(13)9(7(11)12)3-5-10-6-4-9/h10H,2-6H2,1H3,(H,11,12). The van der Waals surface area contributed by atoms with Crippen molar-refractivity contribution in [1.82, 2.24) is 5.32 Å². The van der Waals surface area contributed by atoms with Crippen LogP contribution in [0.4, 0.5) is 0 Å². The number of ether oxygens (including phenoxy) is 1. The van der Waals surface area contributed by atoms with Gasteiger partial charge in [-0.05, 0) is 32.9 Å². The lowest BCUT2D eigenvalue weighted by molar-refractivity contribution is -0.170. The molecule has 1 fully saturated rings. The minimum absolute atomic E-state index is 0.224. The first kappa shape index (κ1) is 11.0. The second-order valence-corrected chi connectivity index (χ2v) is 3.36. The number of nitrogens with one attached hydrogen (secondary N) is 1. The Morgan fingerprint density at radius 1 is 1.43 bits per heavy atom. The Balaban J connectivity index is 2.80. The van der Waals surface area contributed by atoms with Gasteiger partial charge in [-0.15, -0.1) is 0 Å². The molecule has 5 nitrogen and oxygen atoms in total. The summed E-state index contributed by atoms with van der Waals surface area (Å²) in [6.45, 7) is 2.99. The molecule has 1 saturated heterocycles. The Morgan fingerprint density at radius 3 is 2.43 bits per heavy atom. The van der Waals surface area contributed by atoms with Crippen molar-refractivity contribution in [3.05, 3.63) is 0 Å². The SMILES string of the molecule is CCOC(=O)C1(C(=O)O)CCNCC1. The van der Waals surface area contributed by atoms with Gasteiger partial charge >= 0.3 is 11.9 Å². The second-order valence-electron chi connectivity index (χ2n) is 3.36. The Bertz CT molecular complexity index is 233. The molecule has 14 heavy (non-hydrogen) atoms. The van der Waals surface area contributed by atoms with Crippen LogP contribution in [0.15, 0.2) is 0 Å².